The average Bonchev–Trinajstić information content (AvgIpc) is 3.08. The van der Waals surface area contributed by atoms with Crippen molar-refractivity contribution in [1.82, 2.24) is 14.3 Å². The van der Waals surface area contributed by atoms with E-state index in [1.807, 2.05) is 0 Å². The average molecular weight is 463 g/mol. The predicted octanol–water partition coefficient (Wildman–Crippen LogP) is 2.84. The fraction of sp³-hybridized carbons (Fsp3) is 0.375. The SMILES string of the molecule is Cc1cc(OC(F)F)cnc1C(=O)Nc1csc([C@]2(C)CS(O)(O)N(C)C(N)=N2)n1. The first-order valence-corrected chi connectivity index (χ1v) is 11.0. The molecule has 0 saturated carbocycles. The molecule has 1 aliphatic heterocycles. The number of hydrogen-bond acceptors (Lipinski definition) is 10. The molecule has 2 aromatic rings. The molecule has 10 nitrogen and oxygen atoms in total. The van der Waals surface area contributed by atoms with Crippen LogP contribution in [0.3, 0.4) is 0 Å². The van der Waals surface area contributed by atoms with Gasteiger partial charge < -0.3 is 15.8 Å². The number of carbonyl (C=O) groups is 1. The highest BCUT2D eigenvalue weighted by atomic mass is 32.3. The van der Waals surface area contributed by atoms with Crippen LogP contribution in [-0.2, 0) is 5.54 Å². The van der Waals surface area contributed by atoms with Crippen LogP contribution in [0.1, 0.15) is 28.0 Å². The van der Waals surface area contributed by atoms with Gasteiger partial charge in [-0.3, -0.25) is 13.9 Å². The number of nitrogens with two attached hydrogens (primary N) is 1. The first-order valence-electron chi connectivity index (χ1n) is 8.45. The molecule has 0 fully saturated rings. The van der Waals surface area contributed by atoms with Crippen molar-refractivity contribution in [1.29, 1.82) is 0 Å². The van der Waals surface area contributed by atoms with Gasteiger partial charge in [0.05, 0.1) is 11.9 Å². The second-order valence-corrected chi connectivity index (χ2v) is 9.68. The molecule has 2 aromatic heterocycles. The Morgan fingerprint density at radius 3 is 2.80 bits per heavy atom. The van der Waals surface area contributed by atoms with Gasteiger partial charge >= 0.3 is 6.61 Å². The highest BCUT2D eigenvalue weighted by molar-refractivity contribution is 8.22. The fourth-order valence-corrected chi connectivity index (χ4v) is 5.24. The van der Waals surface area contributed by atoms with Crippen molar-refractivity contribution in [3.8, 4) is 5.75 Å². The number of aliphatic imine (C=N–C) groups is 1. The van der Waals surface area contributed by atoms with Crippen LogP contribution in [0, 0.1) is 6.92 Å². The van der Waals surface area contributed by atoms with E-state index in [2.05, 4.69) is 25.0 Å². The van der Waals surface area contributed by atoms with E-state index in [1.165, 1.54) is 31.4 Å². The highest BCUT2D eigenvalue weighted by Crippen LogP contribution is 2.51. The van der Waals surface area contributed by atoms with Crippen LogP contribution >= 0.6 is 22.1 Å². The van der Waals surface area contributed by atoms with Crippen molar-refractivity contribution in [2.45, 2.75) is 26.0 Å². The number of thiazole rings is 1. The Balaban J connectivity index is 1.78. The van der Waals surface area contributed by atoms with E-state index in [0.29, 0.717) is 10.6 Å². The molecule has 0 aromatic carbocycles. The highest BCUT2D eigenvalue weighted by Gasteiger charge is 2.42. The zero-order valence-corrected chi connectivity index (χ0v) is 17.8. The molecule has 1 atom stereocenters. The van der Waals surface area contributed by atoms with Crippen LogP contribution in [0.5, 0.6) is 5.75 Å². The largest absolute Gasteiger partial charge is 0.433 e. The number of pyridine rings is 1. The summed E-state index contributed by atoms with van der Waals surface area (Å²) < 4.78 is 50.5. The lowest BCUT2D eigenvalue weighted by Crippen LogP contribution is -2.47. The third kappa shape index (κ3) is 4.45. The van der Waals surface area contributed by atoms with Crippen molar-refractivity contribution in [3.63, 3.8) is 0 Å². The van der Waals surface area contributed by atoms with Crippen molar-refractivity contribution in [3.05, 3.63) is 33.9 Å². The second-order valence-electron chi connectivity index (χ2n) is 6.72. The third-order valence-corrected chi connectivity index (χ3v) is 7.41. The summed E-state index contributed by atoms with van der Waals surface area (Å²) >= 11 is 1.17. The zero-order chi connectivity index (χ0) is 22.3. The number of amides is 1. The molecule has 0 bridgehead atoms. The van der Waals surface area contributed by atoms with Crippen LogP contribution < -0.4 is 15.8 Å². The number of halogens is 2. The van der Waals surface area contributed by atoms with Gasteiger partial charge in [0.25, 0.3) is 5.91 Å². The number of alkyl halides is 2. The van der Waals surface area contributed by atoms with Gasteiger partial charge in [0.2, 0.25) is 5.96 Å². The Hall–Kier alpha value is -2.55. The standard InChI is InChI=1S/C16H20F2N6O4S2/c1-8-4-9(28-14(17)18)5-20-11(8)12(25)21-10-6-29-13(22-10)16(2)7-30(26,27)24(3)15(19)23-16/h4-6,14,26-27H,7H2,1-3H3,(H2,19,23)(H,21,25)/t16-/m0/s1. The van der Waals surface area contributed by atoms with E-state index in [9.17, 15) is 22.7 Å². The van der Waals surface area contributed by atoms with Crippen LogP contribution in [0.4, 0.5) is 14.6 Å². The molecule has 30 heavy (non-hydrogen) atoms. The van der Waals surface area contributed by atoms with Gasteiger partial charge in [-0.05, 0) is 25.5 Å². The molecular weight excluding hydrogens is 442 g/mol. The lowest BCUT2D eigenvalue weighted by molar-refractivity contribution is -0.0501. The van der Waals surface area contributed by atoms with Crippen molar-refractivity contribution in [2.24, 2.45) is 10.7 Å². The summed E-state index contributed by atoms with van der Waals surface area (Å²) in [6, 6.07) is 1.28. The first-order chi connectivity index (χ1) is 13.9. The molecule has 1 amide bonds. The minimum atomic E-state index is -3.16. The molecular formula is C16H20F2N6O4S2. The quantitative estimate of drug-likeness (QED) is 0.531. The molecule has 0 unspecified atom stereocenters. The molecule has 5 N–H and O–H groups in total. The number of nitrogens with zero attached hydrogens (tertiary/aromatic N) is 4. The van der Waals surface area contributed by atoms with Crippen LogP contribution in [0.25, 0.3) is 0 Å². The number of aromatic nitrogens is 2. The first kappa shape index (κ1) is 22.1. The topological polar surface area (TPSA) is 146 Å². The van der Waals surface area contributed by atoms with E-state index in [1.54, 1.807) is 12.3 Å². The number of hydrogen-bond donors (Lipinski definition) is 4. The van der Waals surface area contributed by atoms with Gasteiger partial charge in [-0.15, -0.1) is 22.1 Å². The number of anilines is 1. The minimum absolute atomic E-state index is 0.0214. The van der Waals surface area contributed by atoms with E-state index in [0.717, 1.165) is 10.5 Å². The monoisotopic (exact) mass is 462 g/mol. The maximum atomic E-state index is 12.5. The van der Waals surface area contributed by atoms with Gasteiger partial charge in [-0.25, -0.2) is 19.3 Å². The number of ether oxygens (including phenoxy) is 1. The summed E-state index contributed by atoms with van der Waals surface area (Å²) in [6.45, 7) is 0.212. The number of rotatable bonds is 5. The number of nitrogens with one attached hydrogen (secondary N) is 1. The lowest BCUT2D eigenvalue weighted by Gasteiger charge is -2.48. The Labute approximate surface area is 176 Å². The van der Waals surface area contributed by atoms with Crippen molar-refractivity contribution >= 4 is 39.8 Å². The van der Waals surface area contributed by atoms with Crippen molar-refractivity contribution in [2.75, 3.05) is 18.1 Å². The Morgan fingerprint density at radius 1 is 1.50 bits per heavy atom. The summed E-state index contributed by atoms with van der Waals surface area (Å²) in [7, 11) is -1.72. The van der Waals surface area contributed by atoms with Crippen molar-refractivity contribution < 1.29 is 27.4 Å². The van der Waals surface area contributed by atoms with Crippen LogP contribution in [0.2, 0.25) is 0 Å². The molecule has 164 valence electrons. The number of carbonyl (C=O) groups excluding carboxylic acids is 1. The summed E-state index contributed by atoms with van der Waals surface area (Å²) in [5, 5.41) is 4.57. The summed E-state index contributed by atoms with van der Waals surface area (Å²) in [4.78, 5) is 25.0. The fourth-order valence-electron chi connectivity index (χ4n) is 2.80. The van der Waals surface area contributed by atoms with E-state index < -0.39 is 28.8 Å². The maximum absolute atomic E-state index is 12.5. The molecule has 0 saturated heterocycles. The molecule has 14 heteroatoms. The van der Waals surface area contributed by atoms with E-state index in [-0.39, 0.29) is 29.0 Å². The molecule has 3 rings (SSSR count). The molecule has 3 heterocycles. The van der Waals surface area contributed by atoms with Gasteiger partial charge in [-0.2, -0.15) is 8.78 Å². The smallest absolute Gasteiger partial charge is 0.387 e. The van der Waals surface area contributed by atoms with E-state index in [4.69, 9.17) is 5.73 Å². The molecule has 0 radical (unpaired) electrons. The molecule has 0 aliphatic carbocycles. The van der Waals surface area contributed by atoms with Gasteiger partial charge in [0.1, 0.15) is 27.8 Å². The summed E-state index contributed by atoms with van der Waals surface area (Å²) in [5.74, 6) is -0.673. The van der Waals surface area contributed by atoms with Crippen LogP contribution in [-0.4, -0.2) is 54.7 Å². The number of guanidine groups is 1. The zero-order valence-electron chi connectivity index (χ0n) is 16.2. The minimum Gasteiger partial charge on any atom is -0.433 e. The van der Waals surface area contributed by atoms with Gasteiger partial charge in [0, 0.05) is 12.4 Å². The summed E-state index contributed by atoms with van der Waals surface area (Å²) in [5.41, 5.74) is 5.09. The van der Waals surface area contributed by atoms with Gasteiger partial charge in [-0.1, -0.05) is 0 Å². The summed E-state index contributed by atoms with van der Waals surface area (Å²) in [6.07, 6.45) is 1.03. The normalized spacial score (nSPS) is 21.9. The Kier molecular flexibility index (Phi) is 5.86. The van der Waals surface area contributed by atoms with Crippen LogP contribution in [0.15, 0.2) is 22.6 Å². The lowest BCUT2D eigenvalue weighted by atomic mass is 10.1. The Bertz CT molecular complexity index is 1000. The molecule has 0 spiro atoms. The predicted molar refractivity (Wildman–Crippen MR) is 110 cm³/mol. The third-order valence-electron chi connectivity index (χ3n) is 4.30. The van der Waals surface area contributed by atoms with E-state index >= 15 is 0 Å². The maximum Gasteiger partial charge on any atom is 0.387 e. The molecule has 1 aliphatic rings. The second kappa shape index (κ2) is 7.94. The number of aryl methyl sites for hydroxylation is 1. The Morgan fingerprint density at radius 2 is 2.20 bits per heavy atom. The van der Waals surface area contributed by atoms with Gasteiger partial charge in [0.15, 0.2) is 0 Å².